The third-order valence-electron chi connectivity index (χ3n) is 3.33. The van der Waals surface area contributed by atoms with Crippen molar-refractivity contribution in [2.45, 2.75) is 11.8 Å². The highest BCUT2D eigenvalue weighted by Gasteiger charge is 2.18. The van der Waals surface area contributed by atoms with Gasteiger partial charge in [0.05, 0.1) is 11.1 Å². The fourth-order valence-corrected chi connectivity index (χ4v) is 2.82. The van der Waals surface area contributed by atoms with Crippen molar-refractivity contribution in [3.05, 3.63) is 58.1 Å². The van der Waals surface area contributed by atoms with Gasteiger partial charge in [0, 0.05) is 4.47 Å². The summed E-state index contributed by atoms with van der Waals surface area (Å²) in [5.41, 5.74) is 2.81. The zero-order valence-electron chi connectivity index (χ0n) is 11.1. The fraction of sp³-hybridized carbons (Fsp3) is 0.188. The van der Waals surface area contributed by atoms with Crippen LogP contribution in [-0.4, -0.2) is 12.5 Å². The van der Waals surface area contributed by atoms with Gasteiger partial charge in [-0.3, -0.25) is 4.79 Å². The third-order valence-corrected chi connectivity index (χ3v) is 4.26. The Hall–Kier alpha value is -1.52. The number of halogens is 2. The number of carbonyl (C=O) groups excluding carboxylic acids is 1. The molecule has 1 amide bonds. The van der Waals surface area contributed by atoms with E-state index in [2.05, 4.69) is 21.2 Å². The molecule has 0 saturated carbocycles. The number of alkyl halides is 1. The maximum Gasteiger partial charge on any atom is 0.262 e. The van der Waals surface area contributed by atoms with E-state index in [-0.39, 0.29) is 17.9 Å². The SMILES string of the molecule is O=C1COc2ccc(C(Cl)Cc3ccc(Br)cc3)cc2N1. The van der Waals surface area contributed by atoms with Crippen LogP contribution in [0.5, 0.6) is 5.75 Å². The molecule has 0 aromatic heterocycles. The number of amides is 1. The monoisotopic (exact) mass is 365 g/mol. The minimum absolute atomic E-state index is 0.0650. The van der Waals surface area contributed by atoms with Crippen LogP contribution in [0.2, 0.25) is 0 Å². The minimum Gasteiger partial charge on any atom is -0.482 e. The Balaban J connectivity index is 1.78. The molecule has 2 aromatic rings. The number of rotatable bonds is 3. The lowest BCUT2D eigenvalue weighted by atomic mass is 10.0. The number of fused-ring (bicyclic) bond motifs is 1. The van der Waals surface area contributed by atoms with Crippen LogP contribution < -0.4 is 10.1 Å². The molecule has 3 nitrogen and oxygen atoms in total. The van der Waals surface area contributed by atoms with Gasteiger partial charge in [-0.1, -0.05) is 34.1 Å². The van der Waals surface area contributed by atoms with Crippen LogP contribution in [0.25, 0.3) is 0 Å². The summed E-state index contributed by atoms with van der Waals surface area (Å²) in [6, 6.07) is 13.8. The topological polar surface area (TPSA) is 38.3 Å². The van der Waals surface area contributed by atoms with Gasteiger partial charge < -0.3 is 10.1 Å². The fourth-order valence-electron chi connectivity index (χ4n) is 2.24. The molecule has 1 unspecified atom stereocenters. The molecule has 1 N–H and O–H groups in total. The zero-order valence-corrected chi connectivity index (χ0v) is 13.4. The average Bonchev–Trinajstić information content (AvgIpc) is 2.48. The second-order valence-electron chi connectivity index (χ2n) is 4.89. The summed E-state index contributed by atoms with van der Waals surface area (Å²) in [4.78, 5) is 11.4. The number of carbonyl (C=O) groups is 1. The van der Waals surface area contributed by atoms with Crippen LogP contribution in [0, 0.1) is 0 Å². The van der Waals surface area contributed by atoms with Gasteiger partial charge in [0.25, 0.3) is 5.91 Å². The summed E-state index contributed by atoms with van der Waals surface area (Å²) in [7, 11) is 0. The first-order valence-corrected chi connectivity index (χ1v) is 7.80. The van der Waals surface area contributed by atoms with Crippen molar-refractivity contribution in [1.29, 1.82) is 0 Å². The largest absolute Gasteiger partial charge is 0.482 e. The van der Waals surface area contributed by atoms with E-state index in [1.807, 2.05) is 42.5 Å². The summed E-state index contributed by atoms with van der Waals surface area (Å²) in [5.74, 6) is 0.546. The first-order chi connectivity index (χ1) is 10.1. The van der Waals surface area contributed by atoms with Crippen molar-refractivity contribution in [3.8, 4) is 5.75 Å². The predicted molar refractivity (Wildman–Crippen MR) is 87.0 cm³/mol. The molecule has 108 valence electrons. The van der Waals surface area contributed by atoms with Crippen LogP contribution in [0.3, 0.4) is 0 Å². The van der Waals surface area contributed by atoms with Crippen molar-refractivity contribution >= 4 is 39.1 Å². The molecule has 0 radical (unpaired) electrons. The molecule has 1 aliphatic rings. The van der Waals surface area contributed by atoms with Crippen molar-refractivity contribution in [1.82, 2.24) is 0 Å². The minimum atomic E-state index is -0.157. The van der Waals surface area contributed by atoms with Gasteiger partial charge in [0.2, 0.25) is 0 Å². The molecule has 0 aliphatic carbocycles. The Bertz CT molecular complexity index is 672. The summed E-state index contributed by atoms with van der Waals surface area (Å²) >= 11 is 9.91. The quantitative estimate of drug-likeness (QED) is 0.822. The highest BCUT2D eigenvalue weighted by atomic mass is 79.9. The standard InChI is InChI=1S/C16H13BrClNO2/c17-12-4-1-10(2-5-12)7-13(18)11-3-6-15-14(8-11)19-16(20)9-21-15/h1-6,8,13H,7,9H2,(H,19,20). The van der Waals surface area contributed by atoms with Crippen molar-refractivity contribution in [2.24, 2.45) is 0 Å². The van der Waals surface area contributed by atoms with E-state index in [9.17, 15) is 4.79 Å². The molecule has 0 fully saturated rings. The van der Waals surface area contributed by atoms with Gasteiger partial charge in [-0.25, -0.2) is 0 Å². The Kier molecular flexibility index (Phi) is 4.17. The van der Waals surface area contributed by atoms with E-state index < -0.39 is 0 Å². The zero-order chi connectivity index (χ0) is 14.8. The lowest BCUT2D eigenvalue weighted by molar-refractivity contribution is -0.118. The maximum absolute atomic E-state index is 11.4. The van der Waals surface area contributed by atoms with Gasteiger partial charge in [0.15, 0.2) is 6.61 Å². The summed E-state index contributed by atoms with van der Waals surface area (Å²) in [6.07, 6.45) is 0.725. The molecule has 1 atom stereocenters. The van der Waals surface area contributed by atoms with E-state index in [0.29, 0.717) is 11.4 Å². The average molecular weight is 367 g/mol. The normalized spacial score (nSPS) is 14.9. The summed E-state index contributed by atoms with van der Waals surface area (Å²) < 4.78 is 6.39. The Labute approximate surface area is 136 Å². The van der Waals surface area contributed by atoms with Gasteiger partial charge in [-0.15, -0.1) is 11.6 Å². The van der Waals surface area contributed by atoms with E-state index in [0.717, 1.165) is 22.0 Å². The number of benzene rings is 2. The van der Waals surface area contributed by atoms with E-state index in [1.165, 1.54) is 0 Å². The second kappa shape index (κ2) is 6.08. The van der Waals surface area contributed by atoms with E-state index >= 15 is 0 Å². The van der Waals surface area contributed by atoms with E-state index in [4.69, 9.17) is 16.3 Å². The van der Waals surface area contributed by atoms with Gasteiger partial charge >= 0.3 is 0 Å². The molecular formula is C16H13BrClNO2. The van der Waals surface area contributed by atoms with Crippen LogP contribution in [0.15, 0.2) is 46.9 Å². The number of hydrogen-bond donors (Lipinski definition) is 1. The third kappa shape index (κ3) is 3.39. The van der Waals surface area contributed by atoms with Crippen LogP contribution in [0.4, 0.5) is 5.69 Å². The van der Waals surface area contributed by atoms with Gasteiger partial charge in [-0.2, -0.15) is 0 Å². The Morgan fingerprint density at radius 3 is 2.76 bits per heavy atom. The number of hydrogen-bond acceptors (Lipinski definition) is 2. The van der Waals surface area contributed by atoms with Crippen LogP contribution in [-0.2, 0) is 11.2 Å². The highest BCUT2D eigenvalue weighted by molar-refractivity contribution is 9.10. The van der Waals surface area contributed by atoms with Crippen LogP contribution >= 0.6 is 27.5 Å². The maximum atomic E-state index is 11.4. The highest BCUT2D eigenvalue weighted by Crippen LogP contribution is 2.33. The van der Waals surface area contributed by atoms with Crippen molar-refractivity contribution < 1.29 is 9.53 Å². The lowest BCUT2D eigenvalue weighted by Gasteiger charge is -2.19. The molecule has 0 saturated heterocycles. The molecule has 3 rings (SSSR count). The summed E-state index contributed by atoms with van der Waals surface area (Å²) in [5, 5.41) is 2.64. The van der Waals surface area contributed by atoms with Gasteiger partial charge in [-0.05, 0) is 41.8 Å². The molecule has 5 heteroatoms. The predicted octanol–water partition coefficient (Wildman–Crippen LogP) is 4.30. The number of nitrogens with one attached hydrogen (secondary N) is 1. The summed E-state index contributed by atoms with van der Waals surface area (Å²) in [6.45, 7) is 0.0650. The molecule has 1 heterocycles. The number of anilines is 1. The molecule has 0 spiro atoms. The lowest BCUT2D eigenvalue weighted by Crippen LogP contribution is -2.25. The Morgan fingerprint density at radius 1 is 1.24 bits per heavy atom. The molecule has 21 heavy (non-hydrogen) atoms. The number of ether oxygens (including phenoxy) is 1. The van der Waals surface area contributed by atoms with Gasteiger partial charge in [0.1, 0.15) is 5.75 Å². The van der Waals surface area contributed by atoms with Crippen molar-refractivity contribution in [2.75, 3.05) is 11.9 Å². The smallest absolute Gasteiger partial charge is 0.262 e. The molecule has 1 aliphatic heterocycles. The van der Waals surface area contributed by atoms with E-state index in [1.54, 1.807) is 0 Å². The molecular weight excluding hydrogens is 354 g/mol. The Morgan fingerprint density at radius 2 is 2.00 bits per heavy atom. The molecule has 0 bridgehead atoms. The molecule has 2 aromatic carbocycles. The second-order valence-corrected chi connectivity index (χ2v) is 6.33. The van der Waals surface area contributed by atoms with Crippen LogP contribution in [0.1, 0.15) is 16.5 Å². The first-order valence-electron chi connectivity index (χ1n) is 6.57. The van der Waals surface area contributed by atoms with Crippen molar-refractivity contribution in [3.63, 3.8) is 0 Å². The first kappa shape index (κ1) is 14.4.